The second-order valence-corrected chi connectivity index (χ2v) is 6.92. The first-order chi connectivity index (χ1) is 11.9. The van der Waals surface area contributed by atoms with Gasteiger partial charge < -0.3 is 0 Å². The second kappa shape index (κ2) is 14.9. The quantitative estimate of drug-likeness (QED) is 0.374. The molecule has 0 unspecified atom stereocenters. The first kappa shape index (κ1) is 25.9. The van der Waals surface area contributed by atoms with E-state index in [1.54, 1.807) is 0 Å². The summed E-state index contributed by atoms with van der Waals surface area (Å²) in [5.74, 6) is 0.555. The van der Waals surface area contributed by atoms with Crippen LogP contribution in [0.3, 0.4) is 0 Å². The number of unbranched alkanes of at least 4 members (excludes halogenated alkanes) is 4. The topological polar surface area (TPSA) is 74.6 Å². The van der Waals surface area contributed by atoms with E-state index in [0.717, 1.165) is 0 Å². The summed E-state index contributed by atoms with van der Waals surface area (Å²) in [4.78, 5) is 0. The van der Waals surface area contributed by atoms with Crippen LogP contribution in [0, 0.1) is 0 Å². The summed E-state index contributed by atoms with van der Waals surface area (Å²) in [5.41, 5.74) is 2.91. The van der Waals surface area contributed by atoms with Gasteiger partial charge in [0.2, 0.25) is 0 Å². The minimum atomic E-state index is -4.67. The molecule has 6 heteroatoms. The molecule has 0 aliphatic heterocycles. The third-order valence-corrected chi connectivity index (χ3v) is 4.00. The third-order valence-electron chi connectivity index (χ3n) is 4.00. The van der Waals surface area contributed by atoms with E-state index in [-0.39, 0.29) is 51.4 Å². The Kier molecular flexibility index (Phi) is 14.9. The van der Waals surface area contributed by atoms with Crippen molar-refractivity contribution in [1.82, 2.24) is 0 Å². The van der Waals surface area contributed by atoms with Crippen LogP contribution in [0.2, 0.25) is 0 Å². The standard InChI is InChI=1S/C20H26.K.H2O4S.H/c1-2-3-4-5-12-17-20(18-13-8-6-9-14-18)19-15-10-7-11-16-19;;1-5(2,3)4;/h6-11,13-16,20H,2-5,12,17H2,1H3;;(H2,1,2,3,4);. The van der Waals surface area contributed by atoms with Crippen molar-refractivity contribution in [3.05, 3.63) is 71.8 Å². The summed E-state index contributed by atoms with van der Waals surface area (Å²) in [6.45, 7) is 2.27. The predicted molar refractivity (Wildman–Crippen MR) is 109 cm³/mol. The summed E-state index contributed by atoms with van der Waals surface area (Å²) in [6, 6.07) is 21.9. The zero-order valence-electron chi connectivity index (χ0n) is 14.7. The van der Waals surface area contributed by atoms with Gasteiger partial charge in [-0.15, -0.1) is 0 Å². The van der Waals surface area contributed by atoms with Crippen molar-refractivity contribution in [1.29, 1.82) is 0 Å². The van der Waals surface area contributed by atoms with Gasteiger partial charge in [0.15, 0.2) is 0 Å². The molecule has 0 fully saturated rings. The monoisotopic (exact) mass is 404 g/mol. The Morgan fingerprint density at radius 3 is 1.54 bits per heavy atom. The normalized spacial score (nSPS) is 10.6. The van der Waals surface area contributed by atoms with Gasteiger partial charge in [-0.2, -0.15) is 8.42 Å². The Morgan fingerprint density at radius 2 is 1.15 bits per heavy atom. The average molecular weight is 405 g/mol. The first-order valence-electron chi connectivity index (χ1n) is 8.71. The van der Waals surface area contributed by atoms with E-state index in [0.29, 0.717) is 5.92 Å². The minimum absolute atomic E-state index is 0. The summed E-state index contributed by atoms with van der Waals surface area (Å²) in [6.07, 6.45) is 8.03. The van der Waals surface area contributed by atoms with Crippen molar-refractivity contribution in [3.8, 4) is 0 Å². The summed E-state index contributed by atoms with van der Waals surface area (Å²) in [7, 11) is -4.67. The van der Waals surface area contributed by atoms with Gasteiger partial charge in [0.1, 0.15) is 0 Å². The number of benzene rings is 2. The molecule has 0 spiro atoms. The molecule has 0 bridgehead atoms. The van der Waals surface area contributed by atoms with Gasteiger partial charge >= 0.3 is 61.8 Å². The maximum atomic E-state index is 8.74. The molecule has 2 aromatic carbocycles. The number of rotatable bonds is 8. The molecule has 0 saturated heterocycles. The van der Waals surface area contributed by atoms with Crippen molar-refractivity contribution < 1.29 is 17.5 Å². The van der Waals surface area contributed by atoms with Crippen molar-refractivity contribution in [2.75, 3.05) is 0 Å². The zero-order chi connectivity index (χ0) is 18.5. The van der Waals surface area contributed by atoms with Crippen LogP contribution in [-0.4, -0.2) is 68.9 Å². The molecule has 0 amide bonds. The van der Waals surface area contributed by atoms with Crippen LogP contribution < -0.4 is 0 Å². The van der Waals surface area contributed by atoms with Gasteiger partial charge in [0, 0.05) is 5.92 Å². The van der Waals surface area contributed by atoms with Crippen molar-refractivity contribution in [2.24, 2.45) is 0 Å². The Balaban J connectivity index is 0.000000923. The zero-order valence-corrected chi connectivity index (χ0v) is 15.5. The van der Waals surface area contributed by atoms with Crippen LogP contribution in [-0.2, 0) is 10.4 Å². The molecule has 0 radical (unpaired) electrons. The van der Waals surface area contributed by atoms with Crippen LogP contribution >= 0.6 is 0 Å². The molecule has 0 aliphatic carbocycles. The molecule has 0 saturated carbocycles. The number of hydrogen-bond donors (Lipinski definition) is 2. The first-order valence-corrected chi connectivity index (χ1v) is 10.1. The van der Waals surface area contributed by atoms with Crippen LogP contribution in [0.5, 0.6) is 0 Å². The Hall–Kier alpha value is -0.0536. The molecule has 0 aliphatic rings. The van der Waals surface area contributed by atoms with Gasteiger partial charge in [-0.1, -0.05) is 99.7 Å². The second-order valence-electron chi connectivity index (χ2n) is 6.02. The Labute approximate surface area is 200 Å². The molecule has 4 nitrogen and oxygen atoms in total. The molecule has 2 rings (SSSR count). The molecule has 0 aromatic heterocycles. The SMILES string of the molecule is CCCCCCCC(c1ccccc1)c1ccccc1.O=S(=O)(O)O.[KH]. The van der Waals surface area contributed by atoms with Crippen LogP contribution in [0.1, 0.15) is 62.5 Å². The van der Waals surface area contributed by atoms with Crippen LogP contribution in [0.4, 0.5) is 0 Å². The van der Waals surface area contributed by atoms with Gasteiger partial charge in [-0.05, 0) is 17.5 Å². The van der Waals surface area contributed by atoms with E-state index >= 15 is 0 Å². The molecular weight excluding hydrogens is 375 g/mol. The maximum absolute atomic E-state index is 8.74. The van der Waals surface area contributed by atoms with Crippen LogP contribution in [0.25, 0.3) is 0 Å². The van der Waals surface area contributed by atoms with Gasteiger partial charge in [-0.3, -0.25) is 9.11 Å². The predicted octanol–water partition coefficient (Wildman–Crippen LogP) is 4.88. The van der Waals surface area contributed by atoms with Gasteiger partial charge in [0.05, 0.1) is 0 Å². The van der Waals surface area contributed by atoms with E-state index in [2.05, 4.69) is 67.6 Å². The molecule has 0 atom stereocenters. The van der Waals surface area contributed by atoms with Gasteiger partial charge in [-0.25, -0.2) is 0 Å². The van der Waals surface area contributed by atoms with Crippen LogP contribution in [0.15, 0.2) is 60.7 Å². The van der Waals surface area contributed by atoms with E-state index in [9.17, 15) is 0 Å². The molecular formula is C20H29KO4S. The Morgan fingerprint density at radius 1 is 0.769 bits per heavy atom. The summed E-state index contributed by atoms with van der Waals surface area (Å²) >= 11 is 0. The van der Waals surface area contributed by atoms with Crippen molar-refractivity contribution in [2.45, 2.75) is 51.4 Å². The molecule has 2 N–H and O–H groups in total. The van der Waals surface area contributed by atoms with E-state index in [4.69, 9.17) is 17.5 Å². The molecule has 0 heterocycles. The van der Waals surface area contributed by atoms with Crippen molar-refractivity contribution in [3.63, 3.8) is 0 Å². The van der Waals surface area contributed by atoms with Gasteiger partial charge in [0.25, 0.3) is 0 Å². The van der Waals surface area contributed by atoms with Crippen molar-refractivity contribution >= 4 is 61.8 Å². The fourth-order valence-electron chi connectivity index (χ4n) is 2.85. The van der Waals surface area contributed by atoms with E-state index in [1.165, 1.54) is 49.7 Å². The summed E-state index contributed by atoms with van der Waals surface area (Å²) < 4.78 is 31.6. The fourth-order valence-corrected chi connectivity index (χ4v) is 2.85. The summed E-state index contributed by atoms with van der Waals surface area (Å²) in [5, 5.41) is 0. The number of hydrogen-bond acceptors (Lipinski definition) is 2. The molecule has 26 heavy (non-hydrogen) atoms. The van der Waals surface area contributed by atoms with E-state index < -0.39 is 10.4 Å². The average Bonchev–Trinajstić information content (AvgIpc) is 2.58. The Bertz CT molecular complexity index is 628. The third kappa shape index (κ3) is 13.2. The van der Waals surface area contributed by atoms with E-state index in [1.807, 2.05) is 0 Å². The fraction of sp³-hybridized carbons (Fsp3) is 0.400. The molecule has 2 aromatic rings. The molecule has 140 valence electrons.